The van der Waals surface area contributed by atoms with Gasteiger partial charge < -0.3 is 0 Å². The summed E-state index contributed by atoms with van der Waals surface area (Å²) in [4.78, 5) is 0. The van der Waals surface area contributed by atoms with E-state index in [1.807, 2.05) is 20.2 Å². The van der Waals surface area contributed by atoms with Crippen LogP contribution in [0.3, 0.4) is 0 Å². The third-order valence-electron chi connectivity index (χ3n) is 2.77. The Labute approximate surface area is 99.2 Å². The third-order valence-corrected chi connectivity index (χ3v) is 2.77. The van der Waals surface area contributed by atoms with Crippen LogP contribution in [0.2, 0.25) is 0 Å². The highest BCUT2D eigenvalue weighted by Gasteiger charge is 2.16. The van der Waals surface area contributed by atoms with E-state index < -0.39 is 0 Å². The van der Waals surface area contributed by atoms with Gasteiger partial charge >= 0.3 is 0 Å². The number of hydrazine groups is 1. The van der Waals surface area contributed by atoms with Gasteiger partial charge in [-0.15, -0.1) is 0 Å². The SMILES string of the molecule is Cc1cc(F)ccc1C(NN)c1cnn(C)c1. The monoisotopic (exact) mass is 234 g/mol. The average Bonchev–Trinajstić information content (AvgIpc) is 2.69. The smallest absolute Gasteiger partial charge is 0.123 e. The van der Waals surface area contributed by atoms with Crippen molar-refractivity contribution in [2.75, 3.05) is 0 Å². The Bertz CT molecular complexity index is 521. The molecule has 0 spiro atoms. The Kier molecular flexibility index (Phi) is 3.21. The molecular formula is C12H15FN4. The minimum absolute atomic E-state index is 0.177. The van der Waals surface area contributed by atoms with E-state index in [0.717, 1.165) is 16.7 Å². The highest BCUT2D eigenvalue weighted by molar-refractivity contribution is 5.35. The third kappa shape index (κ3) is 2.35. The van der Waals surface area contributed by atoms with Gasteiger partial charge in [0.05, 0.1) is 12.2 Å². The van der Waals surface area contributed by atoms with E-state index in [0.29, 0.717) is 0 Å². The fourth-order valence-corrected chi connectivity index (χ4v) is 1.92. The molecular weight excluding hydrogens is 219 g/mol. The maximum Gasteiger partial charge on any atom is 0.123 e. The van der Waals surface area contributed by atoms with Gasteiger partial charge in [0.15, 0.2) is 0 Å². The molecule has 1 aromatic carbocycles. The van der Waals surface area contributed by atoms with Crippen molar-refractivity contribution in [3.63, 3.8) is 0 Å². The molecule has 1 atom stereocenters. The van der Waals surface area contributed by atoms with Crippen LogP contribution in [0.1, 0.15) is 22.7 Å². The Morgan fingerprint density at radius 1 is 1.47 bits per heavy atom. The fraction of sp³-hybridized carbons (Fsp3) is 0.250. The second-order valence-corrected chi connectivity index (χ2v) is 4.05. The summed E-state index contributed by atoms with van der Waals surface area (Å²) in [5, 5.41) is 4.11. The van der Waals surface area contributed by atoms with Gasteiger partial charge in [-0.3, -0.25) is 10.5 Å². The van der Waals surface area contributed by atoms with E-state index >= 15 is 0 Å². The second kappa shape index (κ2) is 4.65. The molecule has 0 aliphatic carbocycles. The van der Waals surface area contributed by atoms with Crippen LogP contribution in [-0.4, -0.2) is 9.78 Å². The highest BCUT2D eigenvalue weighted by Crippen LogP contribution is 2.24. The maximum atomic E-state index is 13.1. The fourth-order valence-electron chi connectivity index (χ4n) is 1.92. The molecule has 0 saturated carbocycles. The number of hydrogen-bond donors (Lipinski definition) is 2. The molecule has 3 N–H and O–H groups in total. The normalized spacial score (nSPS) is 12.7. The molecule has 2 aromatic rings. The van der Waals surface area contributed by atoms with Gasteiger partial charge in [0.2, 0.25) is 0 Å². The first-order valence-corrected chi connectivity index (χ1v) is 5.32. The molecule has 0 aliphatic heterocycles. The summed E-state index contributed by atoms with van der Waals surface area (Å²) < 4.78 is 14.8. The first-order chi connectivity index (χ1) is 8.11. The van der Waals surface area contributed by atoms with Crippen molar-refractivity contribution in [2.24, 2.45) is 12.9 Å². The second-order valence-electron chi connectivity index (χ2n) is 4.05. The zero-order valence-corrected chi connectivity index (χ0v) is 9.81. The van der Waals surface area contributed by atoms with Crippen LogP contribution in [0, 0.1) is 12.7 Å². The van der Waals surface area contributed by atoms with Crippen LogP contribution >= 0.6 is 0 Å². The van der Waals surface area contributed by atoms with Gasteiger partial charge in [0.25, 0.3) is 0 Å². The van der Waals surface area contributed by atoms with Crippen molar-refractivity contribution in [3.8, 4) is 0 Å². The molecule has 1 aromatic heterocycles. The van der Waals surface area contributed by atoms with Crippen LogP contribution < -0.4 is 11.3 Å². The minimum atomic E-state index is -0.242. The van der Waals surface area contributed by atoms with Crippen molar-refractivity contribution in [1.29, 1.82) is 0 Å². The molecule has 0 fully saturated rings. The number of halogens is 1. The number of aromatic nitrogens is 2. The molecule has 1 unspecified atom stereocenters. The molecule has 90 valence electrons. The number of nitrogens with one attached hydrogen (secondary N) is 1. The van der Waals surface area contributed by atoms with Gasteiger partial charge in [-0.1, -0.05) is 6.07 Å². The van der Waals surface area contributed by atoms with E-state index in [2.05, 4.69) is 10.5 Å². The number of nitrogens with zero attached hydrogens (tertiary/aromatic N) is 2. The maximum absolute atomic E-state index is 13.1. The lowest BCUT2D eigenvalue weighted by atomic mass is 9.97. The van der Waals surface area contributed by atoms with Crippen molar-refractivity contribution in [2.45, 2.75) is 13.0 Å². The zero-order chi connectivity index (χ0) is 12.4. The Morgan fingerprint density at radius 3 is 2.76 bits per heavy atom. The topological polar surface area (TPSA) is 55.9 Å². The first kappa shape index (κ1) is 11.8. The molecule has 5 heteroatoms. The Hall–Kier alpha value is -1.72. The molecule has 0 aliphatic rings. The number of rotatable bonds is 3. The van der Waals surface area contributed by atoms with Crippen molar-refractivity contribution in [3.05, 3.63) is 53.1 Å². The summed E-state index contributed by atoms with van der Waals surface area (Å²) in [6, 6.07) is 4.49. The van der Waals surface area contributed by atoms with Crippen LogP contribution in [0.15, 0.2) is 30.6 Å². The van der Waals surface area contributed by atoms with Gasteiger partial charge in [-0.2, -0.15) is 5.10 Å². The van der Waals surface area contributed by atoms with Gasteiger partial charge in [0.1, 0.15) is 5.82 Å². The zero-order valence-electron chi connectivity index (χ0n) is 9.81. The van der Waals surface area contributed by atoms with Gasteiger partial charge in [-0.25, -0.2) is 9.82 Å². The summed E-state index contributed by atoms with van der Waals surface area (Å²) in [5.74, 6) is 5.33. The van der Waals surface area contributed by atoms with E-state index in [-0.39, 0.29) is 11.9 Å². The minimum Gasteiger partial charge on any atom is -0.275 e. The molecule has 2 rings (SSSR count). The molecule has 0 radical (unpaired) electrons. The van der Waals surface area contributed by atoms with E-state index in [9.17, 15) is 4.39 Å². The van der Waals surface area contributed by atoms with Crippen molar-refractivity contribution >= 4 is 0 Å². The summed E-state index contributed by atoms with van der Waals surface area (Å²) in [5.41, 5.74) is 5.49. The summed E-state index contributed by atoms with van der Waals surface area (Å²) in [6.45, 7) is 1.86. The van der Waals surface area contributed by atoms with Crippen LogP contribution in [-0.2, 0) is 7.05 Å². The molecule has 17 heavy (non-hydrogen) atoms. The standard InChI is InChI=1S/C12H15FN4/c1-8-5-10(13)3-4-11(8)12(16-14)9-6-15-17(2)7-9/h3-7,12,16H,14H2,1-2H3. The lowest BCUT2D eigenvalue weighted by Gasteiger charge is -2.17. The van der Waals surface area contributed by atoms with Crippen LogP contribution in [0.4, 0.5) is 4.39 Å². The van der Waals surface area contributed by atoms with Crippen LogP contribution in [0.25, 0.3) is 0 Å². The van der Waals surface area contributed by atoms with E-state index in [4.69, 9.17) is 5.84 Å². The number of hydrogen-bond acceptors (Lipinski definition) is 3. The number of aryl methyl sites for hydroxylation is 2. The van der Waals surface area contributed by atoms with Crippen molar-refractivity contribution in [1.82, 2.24) is 15.2 Å². The average molecular weight is 234 g/mol. The van der Waals surface area contributed by atoms with Crippen LogP contribution in [0.5, 0.6) is 0 Å². The predicted molar refractivity (Wildman–Crippen MR) is 63.5 cm³/mol. The Morgan fingerprint density at radius 2 is 2.24 bits per heavy atom. The summed E-state index contributed by atoms with van der Waals surface area (Å²) in [7, 11) is 1.84. The molecule has 0 saturated heterocycles. The largest absolute Gasteiger partial charge is 0.275 e. The number of benzene rings is 1. The van der Waals surface area contributed by atoms with Gasteiger partial charge in [0, 0.05) is 18.8 Å². The lowest BCUT2D eigenvalue weighted by molar-refractivity contribution is 0.611. The molecule has 4 nitrogen and oxygen atoms in total. The molecule has 0 bridgehead atoms. The number of nitrogens with two attached hydrogens (primary N) is 1. The summed E-state index contributed by atoms with van der Waals surface area (Å²) >= 11 is 0. The molecule has 0 amide bonds. The van der Waals surface area contributed by atoms with E-state index in [1.165, 1.54) is 12.1 Å². The lowest BCUT2D eigenvalue weighted by Crippen LogP contribution is -2.29. The quantitative estimate of drug-likeness (QED) is 0.624. The van der Waals surface area contributed by atoms with Crippen molar-refractivity contribution < 1.29 is 4.39 Å². The predicted octanol–water partition coefficient (Wildman–Crippen LogP) is 1.42. The first-order valence-electron chi connectivity index (χ1n) is 5.32. The highest BCUT2D eigenvalue weighted by atomic mass is 19.1. The summed E-state index contributed by atoms with van der Waals surface area (Å²) in [6.07, 6.45) is 3.63. The molecule has 1 heterocycles. The van der Waals surface area contributed by atoms with E-state index in [1.54, 1.807) is 16.9 Å². The van der Waals surface area contributed by atoms with Gasteiger partial charge in [-0.05, 0) is 30.2 Å². The Balaban J connectivity index is 2.42.